The van der Waals surface area contributed by atoms with E-state index in [2.05, 4.69) is 21.2 Å². The van der Waals surface area contributed by atoms with Crippen LogP contribution >= 0.6 is 15.9 Å². The van der Waals surface area contributed by atoms with E-state index in [0.717, 1.165) is 44.5 Å². The number of piperidine rings is 1. The number of carbonyl (C=O) groups is 1. The van der Waals surface area contributed by atoms with Gasteiger partial charge in [0.05, 0.1) is 4.61 Å². The summed E-state index contributed by atoms with van der Waals surface area (Å²) in [5.41, 5.74) is 6.70. The van der Waals surface area contributed by atoms with E-state index in [4.69, 9.17) is 10.5 Å². The minimum Gasteiger partial charge on any atom is -0.444 e. The Morgan fingerprint density at radius 2 is 1.86 bits per heavy atom. The average Bonchev–Trinajstić information content (AvgIpc) is 2.35. The molecule has 2 aliphatic rings. The summed E-state index contributed by atoms with van der Waals surface area (Å²) in [5.74, 6) is 0. The van der Waals surface area contributed by atoms with Crippen molar-refractivity contribution in [1.29, 1.82) is 0 Å². The number of ether oxygens (including phenoxy) is 1. The van der Waals surface area contributed by atoms with E-state index < -0.39 is 5.60 Å². The van der Waals surface area contributed by atoms with Crippen LogP contribution in [0.1, 0.15) is 53.4 Å². The first-order chi connectivity index (χ1) is 10.1. The van der Waals surface area contributed by atoms with Crippen LogP contribution in [0, 0.1) is 5.41 Å². The second-order valence-corrected chi connectivity index (χ2v) is 8.54. The number of rotatable bonds is 2. The smallest absolute Gasteiger partial charge is 0.410 e. The highest BCUT2D eigenvalue weighted by Gasteiger charge is 2.46. The molecule has 1 spiro atoms. The van der Waals surface area contributed by atoms with Gasteiger partial charge in [-0.2, -0.15) is 0 Å². The molecule has 5 nitrogen and oxygen atoms in total. The molecule has 1 aliphatic heterocycles. The zero-order chi connectivity index (χ0) is 16.5. The predicted molar refractivity (Wildman–Crippen MR) is 91.4 cm³/mol. The van der Waals surface area contributed by atoms with Gasteiger partial charge in [0, 0.05) is 24.8 Å². The molecule has 6 heteroatoms. The first-order valence-corrected chi connectivity index (χ1v) is 8.76. The van der Waals surface area contributed by atoms with Crippen LogP contribution in [-0.2, 0) is 4.74 Å². The maximum absolute atomic E-state index is 12.1. The Morgan fingerprint density at radius 1 is 1.32 bits per heavy atom. The van der Waals surface area contributed by atoms with Crippen molar-refractivity contribution in [3.8, 4) is 0 Å². The van der Waals surface area contributed by atoms with Crippen molar-refractivity contribution in [2.75, 3.05) is 13.1 Å². The second-order valence-electron chi connectivity index (χ2n) is 7.69. The van der Waals surface area contributed by atoms with Crippen LogP contribution < -0.4 is 11.1 Å². The van der Waals surface area contributed by atoms with Crippen LogP contribution in [0.3, 0.4) is 0 Å². The number of amides is 1. The Hall–Kier alpha value is -0.910. The molecule has 1 saturated heterocycles. The largest absolute Gasteiger partial charge is 0.444 e. The highest BCUT2D eigenvalue weighted by atomic mass is 79.9. The SMILES string of the molecule is C/C(NC1CC2(CCN(C(=O)OC(C)(C)C)CC2)C1)=C(/N)Br. The summed E-state index contributed by atoms with van der Waals surface area (Å²) in [7, 11) is 0. The monoisotopic (exact) mass is 373 g/mol. The van der Waals surface area contributed by atoms with Gasteiger partial charge in [-0.05, 0) is 74.7 Å². The van der Waals surface area contributed by atoms with Gasteiger partial charge >= 0.3 is 6.09 Å². The number of nitrogens with one attached hydrogen (secondary N) is 1. The Balaban J connectivity index is 1.77. The van der Waals surface area contributed by atoms with Crippen molar-refractivity contribution in [2.45, 2.75) is 65.0 Å². The van der Waals surface area contributed by atoms with Crippen LogP contribution in [0.15, 0.2) is 10.3 Å². The molecule has 0 bridgehead atoms. The number of allylic oxidation sites excluding steroid dienone is 1. The van der Waals surface area contributed by atoms with Gasteiger partial charge in [-0.25, -0.2) is 4.79 Å². The van der Waals surface area contributed by atoms with Crippen LogP contribution in [-0.4, -0.2) is 35.7 Å². The molecule has 2 fully saturated rings. The topological polar surface area (TPSA) is 67.6 Å². The fourth-order valence-electron chi connectivity index (χ4n) is 3.36. The Kier molecular flexibility index (Phi) is 5.00. The summed E-state index contributed by atoms with van der Waals surface area (Å²) in [6.45, 7) is 9.31. The summed E-state index contributed by atoms with van der Waals surface area (Å²) in [6, 6.07) is 0.504. The zero-order valence-electron chi connectivity index (χ0n) is 14.0. The Labute approximate surface area is 141 Å². The van der Waals surface area contributed by atoms with Crippen LogP contribution in [0.25, 0.3) is 0 Å². The lowest BCUT2D eigenvalue weighted by atomic mass is 9.60. The van der Waals surface area contributed by atoms with Crippen molar-refractivity contribution in [3.05, 3.63) is 10.3 Å². The Bertz CT molecular complexity index is 451. The standard InChI is InChI=1S/C16H28BrN3O2/c1-11(13(17)18)19-12-9-16(10-12)5-7-20(8-6-16)14(21)22-15(2,3)4/h12,19H,5-10,18H2,1-4H3/b13-11-. The third-order valence-electron chi connectivity index (χ3n) is 4.61. The number of nitrogens with two attached hydrogens (primary N) is 1. The molecule has 0 aromatic carbocycles. The van der Waals surface area contributed by atoms with Gasteiger partial charge in [0.1, 0.15) is 5.60 Å². The molecule has 1 heterocycles. The maximum Gasteiger partial charge on any atom is 0.410 e. The number of halogens is 1. The summed E-state index contributed by atoms with van der Waals surface area (Å²) in [4.78, 5) is 13.9. The molecule has 1 amide bonds. The normalized spacial score (nSPS) is 22.9. The quantitative estimate of drug-likeness (QED) is 0.728. The lowest BCUT2D eigenvalue weighted by Gasteiger charge is -2.52. The highest BCUT2D eigenvalue weighted by Crippen LogP contribution is 2.49. The fraction of sp³-hybridized carbons (Fsp3) is 0.812. The van der Waals surface area contributed by atoms with E-state index >= 15 is 0 Å². The number of hydrogen-bond donors (Lipinski definition) is 2. The van der Waals surface area contributed by atoms with E-state index in [1.807, 2.05) is 32.6 Å². The molecule has 0 radical (unpaired) electrons. The van der Waals surface area contributed by atoms with E-state index in [1.165, 1.54) is 0 Å². The van der Waals surface area contributed by atoms with Gasteiger partial charge in [-0.1, -0.05) is 0 Å². The van der Waals surface area contributed by atoms with Gasteiger partial charge in [-0.3, -0.25) is 0 Å². The van der Waals surface area contributed by atoms with E-state index in [0.29, 0.717) is 16.1 Å². The van der Waals surface area contributed by atoms with E-state index in [9.17, 15) is 4.79 Å². The molecule has 0 unspecified atom stereocenters. The van der Waals surface area contributed by atoms with Gasteiger partial charge in [0.2, 0.25) is 0 Å². The lowest BCUT2D eigenvalue weighted by molar-refractivity contribution is -0.0147. The zero-order valence-corrected chi connectivity index (χ0v) is 15.6. The van der Waals surface area contributed by atoms with E-state index in [-0.39, 0.29) is 6.09 Å². The third-order valence-corrected chi connectivity index (χ3v) is 5.21. The molecule has 0 atom stereocenters. The van der Waals surface area contributed by atoms with Gasteiger partial charge in [-0.15, -0.1) is 0 Å². The number of nitrogens with zero attached hydrogens (tertiary/aromatic N) is 1. The molecular weight excluding hydrogens is 346 g/mol. The highest BCUT2D eigenvalue weighted by molar-refractivity contribution is 9.11. The van der Waals surface area contributed by atoms with Crippen molar-refractivity contribution >= 4 is 22.0 Å². The minimum atomic E-state index is -0.419. The predicted octanol–water partition coefficient (Wildman–Crippen LogP) is 3.30. The van der Waals surface area contributed by atoms with Crippen molar-refractivity contribution in [1.82, 2.24) is 10.2 Å². The second kappa shape index (κ2) is 6.30. The molecular formula is C16H28BrN3O2. The summed E-state index contributed by atoms with van der Waals surface area (Å²) in [6.07, 6.45) is 4.27. The van der Waals surface area contributed by atoms with Gasteiger partial charge in [0.15, 0.2) is 0 Å². The molecule has 22 heavy (non-hydrogen) atoms. The summed E-state index contributed by atoms with van der Waals surface area (Å²) in [5, 5.41) is 3.45. The van der Waals surface area contributed by atoms with E-state index in [1.54, 1.807) is 0 Å². The lowest BCUT2D eigenvalue weighted by Crippen LogP contribution is -2.54. The molecule has 126 valence electrons. The van der Waals surface area contributed by atoms with Crippen molar-refractivity contribution in [2.24, 2.45) is 11.1 Å². The number of carbonyl (C=O) groups excluding carboxylic acids is 1. The van der Waals surface area contributed by atoms with Crippen LogP contribution in [0.5, 0.6) is 0 Å². The molecule has 1 aliphatic carbocycles. The fourth-order valence-corrected chi connectivity index (χ4v) is 3.48. The first kappa shape index (κ1) is 17.4. The maximum atomic E-state index is 12.1. The molecule has 0 aromatic heterocycles. The average molecular weight is 374 g/mol. The first-order valence-electron chi connectivity index (χ1n) is 7.97. The molecule has 2 rings (SSSR count). The van der Waals surface area contributed by atoms with Crippen molar-refractivity contribution < 1.29 is 9.53 Å². The van der Waals surface area contributed by atoms with Crippen molar-refractivity contribution in [3.63, 3.8) is 0 Å². The molecule has 0 aromatic rings. The number of hydrogen-bond acceptors (Lipinski definition) is 4. The summed E-state index contributed by atoms with van der Waals surface area (Å²) < 4.78 is 6.12. The molecule has 1 saturated carbocycles. The third kappa shape index (κ3) is 4.31. The van der Waals surface area contributed by atoms with Gasteiger partial charge < -0.3 is 20.7 Å². The summed E-state index contributed by atoms with van der Waals surface area (Å²) >= 11 is 3.29. The minimum absolute atomic E-state index is 0.179. The number of likely N-dealkylation sites (tertiary alicyclic amines) is 1. The van der Waals surface area contributed by atoms with Crippen LogP contribution in [0.2, 0.25) is 0 Å². The molecule has 3 N–H and O–H groups in total. The Morgan fingerprint density at radius 3 is 2.32 bits per heavy atom. The van der Waals surface area contributed by atoms with Crippen LogP contribution in [0.4, 0.5) is 4.79 Å². The van der Waals surface area contributed by atoms with Gasteiger partial charge in [0.25, 0.3) is 0 Å².